The average Bonchev–Trinajstić information content (AvgIpc) is 1.63. The van der Waals surface area contributed by atoms with Crippen LogP contribution in [-0.4, -0.2) is 218 Å². The van der Waals surface area contributed by atoms with Crippen molar-refractivity contribution in [2.45, 2.75) is 222 Å². The lowest BCUT2D eigenvalue weighted by Crippen LogP contribution is -2.36. The molecule has 4 aliphatic heterocycles. The quantitative estimate of drug-likeness (QED) is 0.0380. The van der Waals surface area contributed by atoms with E-state index < -0.39 is 29.8 Å². The van der Waals surface area contributed by atoms with Crippen LogP contribution in [0.3, 0.4) is 0 Å². The minimum absolute atomic E-state index is 0.00216. The van der Waals surface area contributed by atoms with Gasteiger partial charge in [0.25, 0.3) is 0 Å². The molecule has 0 amide bonds. The van der Waals surface area contributed by atoms with E-state index in [2.05, 4.69) is 123 Å². The minimum Gasteiger partial charge on any atom is -0.396 e. The molecule has 0 aromatic carbocycles. The van der Waals surface area contributed by atoms with E-state index in [4.69, 9.17) is 63.8 Å². The fraction of sp³-hybridized carbons (Fsp3) is 0.676. The summed E-state index contributed by atoms with van der Waals surface area (Å²) in [7, 11) is 4.24. The summed E-state index contributed by atoms with van der Waals surface area (Å²) in [6, 6.07) is 1.43. The van der Waals surface area contributed by atoms with E-state index in [0.29, 0.717) is 42.4 Å². The van der Waals surface area contributed by atoms with Crippen LogP contribution >= 0.6 is 34.0 Å². The number of aliphatic hydroxyl groups is 5. The van der Waals surface area contributed by atoms with Crippen molar-refractivity contribution >= 4 is 79.5 Å². The molecule has 2 saturated heterocycles. The molecule has 104 heavy (non-hydrogen) atoms. The van der Waals surface area contributed by atoms with Gasteiger partial charge in [0.1, 0.15) is 56.3 Å². The van der Waals surface area contributed by atoms with Crippen LogP contribution in [0.5, 0.6) is 0 Å². The van der Waals surface area contributed by atoms with E-state index in [0.717, 1.165) is 141 Å². The van der Waals surface area contributed by atoms with Gasteiger partial charge in [0, 0.05) is 99.3 Å². The van der Waals surface area contributed by atoms with E-state index in [-0.39, 0.29) is 90.3 Å². The second-order valence-corrected chi connectivity index (χ2v) is 37.0. The largest absolute Gasteiger partial charge is 0.396 e. The predicted octanol–water partition coefficient (Wildman–Crippen LogP) is 9.76. The third-order valence-corrected chi connectivity index (χ3v) is 23.3. The minimum atomic E-state index is -0.991. The van der Waals surface area contributed by atoms with Crippen molar-refractivity contribution in [1.29, 1.82) is 0 Å². The first kappa shape index (κ1) is 77.5. The van der Waals surface area contributed by atoms with Crippen LogP contribution in [0.2, 0.25) is 0 Å². The number of nitrogens with one attached hydrogen (secondary N) is 6. The van der Waals surface area contributed by atoms with Gasteiger partial charge in [-0.1, -0.05) is 62.3 Å². The lowest BCUT2D eigenvalue weighted by molar-refractivity contribution is -0.159. The molecule has 7 aromatic heterocycles. The zero-order chi connectivity index (χ0) is 74.7. The number of thiazole rings is 3. The Bertz CT molecular complexity index is 4120. The zero-order valence-corrected chi connectivity index (χ0v) is 66.2. The van der Waals surface area contributed by atoms with Gasteiger partial charge in [0.05, 0.1) is 92.5 Å². The molecular weight excluding hydrogens is 1380 g/mol. The lowest BCUT2D eigenvalue weighted by atomic mass is 9.97. The van der Waals surface area contributed by atoms with Gasteiger partial charge in [-0.3, -0.25) is 4.98 Å². The first-order valence-electron chi connectivity index (χ1n) is 36.6. The van der Waals surface area contributed by atoms with E-state index in [1.54, 1.807) is 46.4 Å². The Hall–Kier alpha value is -6.10. The number of likely N-dealkylation sites (N-methyl/N-ethyl adjacent to an activating group) is 2. The van der Waals surface area contributed by atoms with Crippen LogP contribution in [0.15, 0.2) is 18.5 Å². The summed E-state index contributed by atoms with van der Waals surface area (Å²) in [6.07, 6.45) is 4.84. The summed E-state index contributed by atoms with van der Waals surface area (Å²) in [4.78, 5) is 55.2. The van der Waals surface area contributed by atoms with Crippen molar-refractivity contribution in [3.63, 3.8) is 0 Å². The van der Waals surface area contributed by atoms with E-state index >= 15 is 0 Å². The number of hydrogen-bond donors (Lipinski definition) is 11. The molecule has 11 N–H and O–H groups in total. The monoisotopic (exact) mass is 1490 g/mol. The topological polar surface area (TPSA) is 346 Å². The number of aliphatic hydroxyl groups excluding tert-OH is 5. The number of aryl methyl sites for hydroxylation is 3. The predicted molar refractivity (Wildman–Crippen MR) is 410 cm³/mol. The third-order valence-electron chi connectivity index (χ3n) is 19.9. The van der Waals surface area contributed by atoms with Gasteiger partial charge in [0.15, 0.2) is 11.6 Å². The van der Waals surface area contributed by atoms with Crippen molar-refractivity contribution in [3.05, 3.63) is 56.7 Å². The Morgan fingerprint density at radius 3 is 1.24 bits per heavy atom. The standard InChI is InChI=1S/C26H40N6O3S.C25H34N6O3S.C23H36N6O3S/c1-14-19(23-30-17-11-32(7)9-8-18(17)36-23)22(31-24(28-14)27-13-25(2,3)4)29-16-10-15(12-33)20-21(16)35-26(5,6)34-20;1-13-18(22-30-16-10-26-8-7-17(16)35-22)21(31-23(28-13)27-12-24(2,3)4)29-15-9-14(11-32)19-20(15)34-25(5,6)33-19;1-12-17(21-27-15-9-29(5)7-6-16(15)33-21)20(28-22(25-12)24-11-23(2,3)4)26-14-8-13(10-30)18(31)19(14)32/h15-16,20-21,33H,8-13H2,1-7H3,(H2,27,28,29,31);7-8,10,14-15,19-20,32H,9,11-12H2,1-6H3,(H2,27,28,29,31);13-14,18-19,30-32H,6-11H2,1-5H3,(H2,24,25,26,28)/t15-,16-,20-,21+;14-,15-,19-,20+;13-,14-,18-,19+/m111/s1. The Morgan fingerprint density at radius 1 is 0.490 bits per heavy atom. The smallest absolute Gasteiger partial charge is 0.224 e. The van der Waals surface area contributed by atoms with Gasteiger partial charge in [0.2, 0.25) is 17.8 Å². The summed E-state index contributed by atoms with van der Waals surface area (Å²) in [5.41, 5.74) is 8.50. The number of pyridine rings is 1. The highest BCUT2D eigenvalue weighted by Gasteiger charge is 2.56. The highest BCUT2D eigenvalue weighted by Crippen LogP contribution is 2.47. The Morgan fingerprint density at radius 2 is 0.865 bits per heavy atom. The number of aromatic nitrogens is 10. The Kier molecular flexibility index (Phi) is 23.0. The molecule has 0 radical (unpaired) electrons. The van der Waals surface area contributed by atoms with E-state index in [9.17, 15) is 25.5 Å². The molecule has 0 spiro atoms. The van der Waals surface area contributed by atoms with Gasteiger partial charge < -0.3 is 86.2 Å². The van der Waals surface area contributed by atoms with Gasteiger partial charge in [-0.2, -0.15) is 15.0 Å². The van der Waals surface area contributed by atoms with Crippen LogP contribution in [-0.2, 0) is 44.9 Å². The molecule has 0 bridgehead atoms. The number of nitrogens with zero attached hydrogens (tertiary/aromatic N) is 12. The summed E-state index contributed by atoms with van der Waals surface area (Å²) in [5, 5.41) is 74.0. The van der Waals surface area contributed by atoms with Gasteiger partial charge in [-0.25, -0.2) is 29.9 Å². The zero-order valence-electron chi connectivity index (χ0n) is 63.7. The second kappa shape index (κ2) is 30.9. The lowest BCUT2D eigenvalue weighted by Gasteiger charge is -2.25. The summed E-state index contributed by atoms with van der Waals surface area (Å²) in [6.45, 7) is 39.1. The van der Waals surface area contributed by atoms with Crippen LogP contribution in [0, 0.1) is 54.8 Å². The van der Waals surface area contributed by atoms with Crippen LogP contribution in [0.25, 0.3) is 41.9 Å². The van der Waals surface area contributed by atoms with Gasteiger partial charge in [-0.05, 0) is 117 Å². The number of hydrogen-bond acceptors (Lipinski definition) is 30. The van der Waals surface area contributed by atoms with E-state index in [1.807, 2.05) is 54.5 Å². The number of anilines is 6. The molecule has 5 fully saturated rings. The molecule has 14 rings (SSSR count). The van der Waals surface area contributed by atoms with Crippen LogP contribution in [0.4, 0.5) is 35.3 Å². The number of rotatable bonds is 18. The molecule has 27 nitrogen and oxygen atoms in total. The fourth-order valence-electron chi connectivity index (χ4n) is 14.6. The van der Waals surface area contributed by atoms with E-state index in [1.165, 1.54) is 9.75 Å². The SMILES string of the molecule is Cc1nc(NCC(C)(C)C)nc(N[C@@H]2C[C@H](CO)[C@@H](O)[C@H]2O)c1-c1nc2c(s1)CCN(C)C2.Cc1nc(NCC(C)(C)C)nc(N[C@@H]2C[C@H](CO)[C@H]3OC(C)(C)O[C@H]32)c1-c1nc2c(s1)CCN(C)C2.Cc1nc(NCC(C)(C)C)nc(N[C@@H]2C[C@H](CO)[C@H]3OC(C)(C)O[C@H]32)c1-c1nc2cnccc2s1. The van der Waals surface area contributed by atoms with Crippen LogP contribution in [0.1, 0.15) is 147 Å². The highest BCUT2D eigenvalue weighted by molar-refractivity contribution is 7.21. The molecule has 3 saturated carbocycles. The molecule has 12 atom stereocenters. The molecule has 7 aliphatic rings. The summed E-state index contributed by atoms with van der Waals surface area (Å²) in [5.74, 6) is 2.03. The number of fused-ring (bicyclic) bond motifs is 5. The Labute approximate surface area is 623 Å². The van der Waals surface area contributed by atoms with Crippen molar-refractivity contribution in [2.24, 2.45) is 34.0 Å². The molecule has 30 heteroatoms. The van der Waals surface area contributed by atoms with Crippen molar-refractivity contribution < 1.29 is 44.5 Å². The summed E-state index contributed by atoms with van der Waals surface area (Å²) >= 11 is 5.02. The Balaban J connectivity index is 0.000000147. The van der Waals surface area contributed by atoms with Crippen molar-refractivity contribution in [2.75, 3.05) is 98.5 Å². The van der Waals surface area contributed by atoms with Crippen molar-refractivity contribution in [3.8, 4) is 31.7 Å². The maximum absolute atomic E-state index is 10.6. The molecule has 11 heterocycles. The van der Waals surface area contributed by atoms with Gasteiger partial charge in [-0.15, -0.1) is 34.0 Å². The van der Waals surface area contributed by atoms with Crippen molar-refractivity contribution in [1.82, 2.24) is 59.6 Å². The average molecular weight is 1490 g/mol. The number of ether oxygens (including phenoxy) is 4. The molecule has 3 aliphatic carbocycles. The van der Waals surface area contributed by atoms with Gasteiger partial charge >= 0.3 is 0 Å². The summed E-state index contributed by atoms with van der Waals surface area (Å²) < 4.78 is 25.9. The maximum atomic E-state index is 10.6. The second-order valence-electron chi connectivity index (χ2n) is 33.8. The molecule has 568 valence electrons. The molecule has 7 aromatic rings. The molecular formula is C74H110N18O9S3. The third kappa shape index (κ3) is 18.0. The highest BCUT2D eigenvalue weighted by atomic mass is 32.1. The molecule has 0 unspecified atom stereocenters. The first-order chi connectivity index (χ1) is 49.0. The normalized spacial score (nSPS) is 26.4. The van der Waals surface area contributed by atoms with Crippen LogP contribution < -0.4 is 31.9 Å². The first-order valence-corrected chi connectivity index (χ1v) is 39.1. The fourth-order valence-corrected chi connectivity index (χ4v) is 18.0. The maximum Gasteiger partial charge on any atom is 0.224 e.